The number of aliphatic hydroxyl groups excluding tert-OH is 2. The maximum Gasteiger partial charge on any atom is 0.305 e. The molecular formula is C55H105NO5. The van der Waals surface area contributed by atoms with Gasteiger partial charge in [-0.05, 0) is 57.8 Å². The monoisotopic (exact) mass is 860 g/mol. The fourth-order valence-electron chi connectivity index (χ4n) is 8.27. The first-order valence-corrected chi connectivity index (χ1v) is 27.1. The number of allylic oxidation sites excluding steroid dienone is 3. The Morgan fingerprint density at radius 2 is 0.770 bits per heavy atom. The molecular weight excluding hydrogens is 755 g/mol. The highest BCUT2D eigenvalue weighted by molar-refractivity contribution is 5.76. The second-order valence-corrected chi connectivity index (χ2v) is 18.6. The minimum Gasteiger partial charge on any atom is -0.466 e. The molecule has 360 valence electrons. The highest BCUT2D eigenvalue weighted by atomic mass is 16.5. The van der Waals surface area contributed by atoms with Gasteiger partial charge in [-0.2, -0.15) is 0 Å². The maximum atomic E-state index is 12.4. The summed E-state index contributed by atoms with van der Waals surface area (Å²) in [5.41, 5.74) is 0. The summed E-state index contributed by atoms with van der Waals surface area (Å²) in [6.07, 6.45) is 60.4. The number of nitrogens with one attached hydrogen (secondary N) is 1. The third-order valence-electron chi connectivity index (χ3n) is 12.5. The van der Waals surface area contributed by atoms with Crippen LogP contribution in [-0.4, -0.2) is 47.4 Å². The summed E-state index contributed by atoms with van der Waals surface area (Å²) in [5.74, 6) is -0.0893. The first kappa shape index (κ1) is 59.3. The number of carbonyl (C=O) groups is 2. The summed E-state index contributed by atoms with van der Waals surface area (Å²) >= 11 is 0. The predicted molar refractivity (Wildman–Crippen MR) is 264 cm³/mol. The molecule has 0 aliphatic carbocycles. The number of carbonyl (C=O) groups excluding carboxylic acids is 2. The van der Waals surface area contributed by atoms with Gasteiger partial charge in [0.15, 0.2) is 0 Å². The largest absolute Gasteiger partial charge is 0.466 e. The van der Waals surface area contributed by atoms with E-state index in [0.717, 1.165) is 57.8 Å². The molecule has 0 saturated carbocycles. The molecule has 0 bridgehead atoms. The summed E-state index contributed by atoms with van der Waals surface area (Å²) in [6, 6.07) is -0.635. The summed E-state index contributed by atoms with van der Waals surface area (Å²) in [7, 11) is 0. The maximum absolute atomic E-state index is 12.4. The van der Waals surface area contributed by atoms with Crippen LogP contribution in [0.5, 0.6) is 0 Å². The van der Waals surface area contributed by atoms with E-state index in [-0.39, 0.29) is 18.5 Å². The molecule has 0 fully saturated rings. The molecule has 0 rings (SSSR count). The van der Waals surface area contributed by atoms with Crippen molar-refractivity contribution >= 4 is 11.9 Å². The van der Waals surface area contributed by atoms with Gasteiger partial charge < -0.3 is 20.3 Å². The van der Waals surface area contributed by atoms with Gasteiger partial charge in [0.05, 0.1) is 25.4 Å². The van der Waals surface area contributed by atoms with Crippen LogP contribution in [0.3, 0.4) is 0 Å². The van der Waals surface area contributed by atoms with Crippen molar-refractivity contribution in [3.8, 4) is 0 Å². The van der Waals surface area contributed by atoms with Gasteiger partial charge in [-0.15, -0.1) is 0 Å². The molecule has 61 heavy (non-hydrogen) atoms. The van der Waals surface area contributed by atoms with Gasteiger partial charge in [0.2, 0.25) is 5.91 Å². The fourth-order valence-corrected chi connectivity index (χ4v) is 8.27. The molecule has 2 atom stereocenters. The van der Waals surface area contributed by atoms with Crippen molar-refractivity contribution in [2.24, 2.45) is 0 Å². The Balaban J connectivity index is 3.46. The van der Waals surface area contributed by atoms with Crippen LogP contribution < -0.4 is 5.32 Å². The normalized spacial score (nSPS) is 12.8. The van der Waals surface area contributed by atoms with Crippen LogP contribution >= 0.6 is 0 Å². The minimum absolute atomic E-state index is 0.0109. The summed E-state index contributed by atoms with van der Waals surface area (Å²) < 4.78 is 5.47. The molecule has 0 radical (unpaired) electrons. The number of hydrogen-bond acceptors (Lipinski definition) is 5. The lowest BCUT2D eigenvalue weighted by Gasteiger charge is -2.20. The van der Waals surface area contributed by atoms with Gasteiger partial charge in [-0.3, -0.25) is 9.59 Å². The van der Waals surface area contributed by atoms with Crippen molar-refractivity contribution in [2.45, 2.75) is 302 Å². The molecule has 0 heterocycles. The Labute approximate surface area is 380 Å². The number of esters is 1. The number of aliphatic hydroxyl groups is 2. The smallest absolute Gasteiger partial charge is 0.305 e. The Kier molecular flexibility index (Phi) is 49.6. The number of amides is 1. The SMILES string of the molecule is CCCCCCCCC/C=C\CCCCCCCC(=O)OCCCCCCCCCCCCCCCCC(=O)NC(CO)C(O)/C=C/CCCCCCCCCCCCCC. The summed E-state index contributed by atoms with van der Waals surface area (Å²) in [5, 5.41) is 23.1. The second-order valence-electron chi connectivity index (χ2n) is 18.6. The van der Waals surface area contributed by atoms with E-state index in [4.69, 9.17) is 4.74 Å². The van der Waals surface area contributed by atoms with Crippen LogP contribution in [0.2, 0.25) is 0 Å². The van der Waals surface area contributed by atoms with E-state index in [1.165, 1.54) is 205 Å². The van der Waals surface area contributed by atoms with Crippen LogP contribution in [0.1, 0.15) is 290 Å². The zero-order chi connectivity index (χ0) is 44.4. The average molecular weight is 860 g/mol. The molecule has 6 nitrogen and oxygen atoms in total. The van der Waals surface area contributed by atoms with Crippen LogP contribution in [0.4, 0.5) is 0 Å². The Bertz CT molecular complexity index is 951. The molecule has 0 spiro atoms. The van der Waals surface area contributed by atoms with E-state index < -0.39 is 12.1 Å². The highest BCUT2D eigenvalue weighted by Gasteiger charge is 2.18. The van der Waals surface area contributed by atoms with Gasteiger partial charge in [0.25, 0.3) is 0 Å². The predicted octanol–water partition coefficient (Wildman–Crippen LogP) is 16.3. The Morgan fingerprint density at radius 1 is 0.443 bits per heavy atom. The zero-order valence-corrected chi connectivity index (χ0v) is 40.9. The first-order valence-electron chi connectivity index (χ1n) is 27.1. The molecule has 0 aromatic heterocycles. The van der Waals surface area contributed by atoms with E-state index in [0.29, 0.717) is 19.4 Å². The van der Waals surface area contributed by atoms with Crippen molar-refractivity contribution in [1.82, 2.24) is 5.32 Å². The van der Waals surface area contributed by atoms with E-state index in [1.807, 2.05) is 6.08 Å². The van der Waals surface area contributed by atoms with Gasteiger partial charge in [0.1, 0.15) is 0 Å². The van der Waals surface area contributed by atoms with Crippen molar-refractivity contribution < 1.29 is 24.5 Å². The molecule has 0 aromatic carbocycles. The van der Waals surface area contributed by atoms with E-state index in [2.05, 4.69) is 31.3 Å². The summed E-state index contributed by atoms with van der Waals surface area (Å²) in [4.78, 5) is 24.5. The minimum atomic E-state index is -0.851. The zero-order valence-electron chi connectivity index (χ0n) is 40.9. The third kappa shape index (κ3) is 47.7. The number of ether oxygens (including phenoxy) is 1. The molecule has 0 aromatic rings. The lowest BCUT2D eigenvalue weighted by molar-refractivity contribution is -0.143. The van der Waals surface area contributed by atoms with Gasteiger partial charge in [-0.1, -0.05) is 244 Å². The quantitative estimate of drug-likeness (QED) is 0.0322. The van der Waals surface area contributed by atoms with Crippen molar-refractivity contribution in [2.75, 3.05) is 13.2 Å². The van der Waals surface area contributed by atoms with Gasteiger partial charge in [0, 0.05) is 12.8 Å². The van der Waals surface area contributed by atoms with E-state index in [1.54, 1.807) is 6.08 Å². The van der Waals surface area contributed by atoms with Gasteiger partial charge in [-0.25, -0.2) is 0 Å². The highest BCUT2D eigenvalue weighted by Crippen LogP contribution is 2.16. The van der Waals surface area contributed by atoms with Crippen molar-refractivity contribution in [3.05, 3.63) is 24.3 Å². The van der Waals surface area contributed by atoms with E-state index in [9.17, 15) is 19.8 Å². The first-order chi connectivity index (χ1) is 30.0. The van der Waals surface area contributed by atoms with E-state index >= 15 is 0 Å². The number of hydrogen-bond donors (Lipinski definition) is 3. The lowest BCUT2D eigenvalue weighted by atomic mass is 10.0. The fraction of sp³-hybridized carbons (Fsp3) is 0.891. The van der Waals surface area contributed by atoms with Crippen LogP contribution in [0, 0.1) is 0 Å². The standard InChI is InChI=1S/C55H105NO5/c1-3-5-7-9-11-13-15-17-19-20-25-29-33-37-41-45-49-55(60)61-50-46-42-38-34-30-26-22-21-24-28-32-36-40-44-48-54(59)56-52(51-57)53(58)47-43-39-35-31-27-23-18-16-14-12-10-8-6-4-2/h19-20,43,47,52-53,57-58H,3-18,21-42,44-46,48-51H2,1-2H3,(H,56,59)/b20-19-,47-43+. The second kappa shape index (κ2) is 51.0. The topological polar surface area (TPSA) is 95.9 Å². The molecule has 1 amide bonds. The number of rotatable bonds is 50. The summed E-state index contributed by atoms with van der Waals surface area (Å²) in [6.45, 7) is 4.88. The van der Waals surface area contributed by atoms with Crippen molar-refractivity contribution in [1.29, 1.82) is 0 Å². The van der Waals surface area contributed by atoms with Crippen LogP contribution in [0.15, 0.2) is 24.3 Å². The molecule has 0 saturated heterocycles. The molecule has 2 unspecified atom stereocenters. The average Bonchev–Trinajstić information content (AvgIpc) is 3.26. The molecule has 0 aliphatic heterocycles. The Hall–Kier alpha value is -1.66. The van der Waals surface area contributed by atoms with Crippen molar-refractivity contribution in [3.63, 3.8) is 0 Å². The van der Waals surface area contributed by atoms with Crippen LogP contribution in [-0.2, 0) is 14.3 Å². The Morgan fingerprint density at radius 3 is 1.16 bits per heavy atom. The molecule has 0 aliphatic rings. The van der Waals surface area contributed by atoms with Crippen LogP contribution in [0.25, 0.3) is 0 Å². The third-order valence-corrected chi connectivity index (χ3v) is 12.5. The lowest BCUT2D eigenvalue weighted by Crippen LogP contribution is -2.45. The van der Waals surface area contributed by atoms with Gasteiger partial charge >= 0.3 is 5.97 Å². The molecule has 6 heteroatoms. The number of unbranched alkanes of at least 4 members (excludes halogenated alkanes) is 37. The molecule has 3 N–H and O–H groups in total.